The van der Waals surface area contributed by atoms with E-state index in [9.17, 15) is 9.59 Å². The molecule has 6 heteroatoms. The molecule has 24 heavy (non-hydrogen) atoms. The van der Waals surface area contributed by atoms with E-state index in [2.05, 4.69) is 4.98 Å². The second-order valence-electron chi connectivity index (χ2n) is 6.60. The van der Waals surface area contributed by atoms with Gasteiger partial charge >= 0.3 is 0 Å². The standard InChI is InChI=1S/C18H21N3O3/c1-18(2)11-24-15(12-6-4-3-5-7-12)10-21(18)17(23)14-8-13(9-20-14)16(19)22/h3-9,15,20H,10-11H2,1-2H3,(H2,19,22)/t15-/m0/s1. The monoisotopic (exact) mass is 327 g/mol. The summed E-state index contributed by atoms with van der Waals surface area (Å²) in [6.07, 6.45) is 1.28. The van der Waals surface area contributed by atoms with Crippen molar-refractivity contribution in [3.8, 4) is 0 Å². The molecule has 0 saturated carbocycles. The van der Waals surface area contributed by atoms with E-state index in [1.807, 2.05) is 44.2 Å². The first-order valence-corrected chi connectivity index (χ1v) is 7.85. The van der Waals surface area contributed by atoms with Crippen molar-refractivity contribution in [2.24, 2.45) is 5.73 Å². The maximum absolute atomic E-state index is 12.9. The van der Waals surface area contributed by atoms with Gasteiger partial charge in [0.05, 0.1) is 24.3 Å². The number of hydrogen-bond acceptors (Lipinski definition) is 3. The third kappa shape index (κ3) is 3.05. The van der Waals surface area contributed by atoms with Crippen LogP contribution >= 0.6 is 0 Å². The number of morpholine rings is 1. The number of amides is 2. The molecule has 2 heterocycles. The summed E-state index contributed by atoms with van der Waals surface area (Å²) in [4.78, 5) is 28.8. The number of ether oxygens (including phenoxy) is 1. The normalized spacial score (nSPS) is 19.9. The third-order valence-electron chi connectivity index (χ3n) is 4.33. The largest absolute Gasteiger partial charge is 0.369 e. The molecule has 0 aliphatic carbocycles. The Labute approximate surface area is 140 Å². The lowest BCUT2D eigenvalue weighted by molar-refractivity contribution is -0.0848. The van der Waals surface area contributed by atoms with Crippen LogP contribution in [0.2, 0.25) is 0 Å². The molecule has 1 atom stereocenters. The van der Waals surface area contributed by atoms with E-state index in [1.165, 1.54) is 12.3 Å². The van der Waals surface area contributed by atoms with E-state index in [-0.39, 0.29) is 12.0 Å². The van der Waals surface area contributed by atoms with Gasteiger partial charge in [-0.3, -0.25) is 9.59 Å². The number of carbonyl (C=O) groups excluding carboxylic acids is 2. The first-order valence-electron chi connectivity index (χ1n) is 7.85. The van der Waals surface area contributed by atoms with Gasteiger partial charge < -0.3 is 20.4 Å². The molecule has 3 rings (SSSR count). The summed E-state index contributed by atoms with van der Waals surface area (Å²) in [5.41, 5.74) is 6.49. The van der Waals surface area contributed by atoms with Gasteiger partial charge in [0.1, 0.15) is 11.8 Å². The van der Waals surface area contributed by atoms with Crippen LogP contribution in [0.3, 0.4) is 0 Å². The minimum atomic E-state index is -0.561. The Balaban J connectivity index is 1.85. The van der Waals surface area contributed by atoms with E-state index in [0.29, 0.717) is 24.4 Å². The molecule has 1 aromatic carbocycles. The maximum atomic E-state index is 12.9. The average molecular weight is 327 g/mol. The Kier molecular flexibility index (Phi) is 4.15. The van der Waals surface area contributed by atoms with Crippen molar-refractivity contribution in [2.75, 3.05) is 13.2 Å². The Morgan fingerprint density at radius 2 is 2.00 bits per heavy atom. The molecule has 0 spiro atoms. The summed E-state index contributed by atoms with van der Waals surface area (Å²) in [6, 6.07) is 11.3. The number of carbonyl (C=O) groups is 2. The summed E-state index contributed by atoms with van der Waals surface area (Å²) in [5.74, 6) is -0.731. The van der Waals surface area contributed by atoms with Gasteiger partial charge in [0.2, 0.25) is 5.91 Å². The quantitative estimate of drug-likeness (QED) is 0.905. The summed E-state index contributed by atoms with van der Waals surface area (Å²) < 4.78 is 5.96. The van der Waals surface area contributed by atoms with Crippen LogP contribution in [0, 0.1) is 0 Å². The second-order valence-corrected chi connectivity index (χ2v) is 6.60. The summed E-state index contributed by atoms with van der Waals surface area (Å²) in [5, 5.41) is 0. The first-order chi connectivity index (χ1) is 11.4. The number of rotatable bonds is 3. The van der Waals surface area contributed by atoms with E-state index in [4.69, 9.17) is 10.5 Å². The lowest BCUT2D eigenvalue weighted by Gasteiger charge is -2.45. The van der Waals surface area contributed by atoms with E-state index in [0.717, 1.165) is 5.56 Å². The molecule has 0 unspecified atom stereocenters. The minimum absolute atomic E-state index is 0.170. The fraction of sp³-hybridized carbons (Fsp3) is 0.333. The zero-order chi connectivity index (χ0) is 17.3. The number of benzene rings is 1. The van der Waals surface area contributed by atoms with Crippen molar-refractivity contribution in [3.63, 3.8) is 0 Å². The Bertz CT molecular complexity index is 752. The number of aromatic amines is 1. The second kappa shape index (κ2) is 6.13. The predicted octanol–water partition coefficient (Wildman–Crippen LogP) is 2.11. The molecule has 1 aliphatic rings. The Hall–Kier alpha value is -2.60. The van der Waals surface area contributed by atoms with Crippen molar-refractivity contribution < 1.29 is 14.3 Å². The Morgan fingerprint density at radius 3 is 2.62 bits per heavy atom. The SMILES string of the molecule is CC1(C)CO[C@H](c2ccccc2)CN1C(=O)c1cc(C(N)=O)c[nH]1. The van der Waals surface area contributed by atoms with Crippen LogP contribution in [0.1, 0.15) is 46.4 Å². The lowest BCUT2D eigenvalue weighted by atomic mass is 9.97. The number of nitrogens with two attached hydrogens (primary N) is 1. The molecular formula is C18H21N3O3. The molecule has 3 N–H and O–H groups in total. The van der Waals surface area contributed by atoms with Gasteiger partial charge in [0.15, 0.2) is 0 Å². The predicted molar refractivity (Wildman–Crippen MR) is 89.6 cm³/mol. The van der Waals surface area contributed by atoms with Crippen LogP contribution in [0.5, 0.6) is 0 Å². The molecule has 1 saturated heterocycles. The third-order valence-corrected chi connectivity index (χ3v) is 4.33. The van der Waals surface area contributed by atoms with Crippen molar-refractivity contribution >= 4 is 11.8 Å². The topological polar surface area (TPSA) is 88.4 Å². The number of hydrogen-bond donors (Lipinski definition) is 2. The van der Waals surface area contributed by atoms with Gasteiger partial charge in [-0.2, -0.15) is 0 Å². The summed E-state index contributed by atoms with van der Waals surface area (Å²) in [6.45, 7) is 4.80. The molecule has 2 amide bonds. The van der Waals surface area contributed by atoms with Crippen LogP contribution in [0.15, 0.2) is 42.6 Å². The molecule has 1 fully saturated rings. The summed E-state index contributed by atoms with van der Waals surface area (Å²) >= 11 is 0. The van der Waals surface area contributed by atoms with Gasteiger partial charge in [0.25, 0.3) is 5.91 Å². The zero-order valence-corrected chi connectivity index (χ0v) is 13.8. The van der Waals surface area contributed by atoms with Crippen molar-refractivity contribution in [2.45, 2.75) is 25.5 Å². The number of nitrogens with zero attached hydrogens (tertiary/aromatic N) is 1. The van der Waals surface area contributed by atoms with E-state index in [1.54, 1.807) is 4.90 Å². The van der Waals surface area contributed by atoms with Crippen LogP contribution in [-0.4, -0.2) is 40.4 Å². The van der Waals surface area contributed by atoms with Crippen LogP contribution in [0.4, 0.5) is 0 Å². The highest BCUT2D eigenvalue weighted by atomic mass is 16.5. The Morgan fingerprint density at radius 1 is 1.29 bits per heavy atom. The van der Waals surface area contributed by atoms with Crippen molar-refractivity contribution in [1.82, 2.24) is 9.88 Å². The van der Waals surface area contributed by atoms with Gasteiger partial charge in [-0.25, -0.2) is 0 Å². The fourth-order valence-electron chi connectivity index (χ4n) is 2.88. The zero-order valence-electron chi connectivity index (χ0n) is 13.8. The lowest BCUT2D eigenvalue weighted by Crippen LogP contribution is -2.56. The molecule has 6 nitrogen and oxygen atoms in total. The molecule has 126 valence electrons. The van der Waals surface area contributed by atoms with E-state index < -0.39 is 11.4 Å². The number of primary amides is 1. The van der Waals surface area contributed by atoms with Crippen LogP contribution in [-0.2, 0) is 4.74 Å². The van der Waals surface area contributed by atoms with Crippen molar-refractivity contribution in [1.29, 1.82) is 0 Å². The fourth-order valence-corrected chi connectivity index (χ4v) is 2.88. The average Bonchev–Trinajstić information content (AvgIpc) is 3.05. The minimum Gasteiger partial charge on any atom is -0.369 e. The first kappa shape index (κ1) is 16.3. The maximum Gasteiger partial charge on any atom is 0.270 e. The van der Waals surface area contributed by atoms with Crippen LogP contribution in [0.25, 0.3) is 0 Å². The highest BCUT2D eigenvalue weighted by Crippen LogP contribution is 2.31. The highest BCUT2D eigenvalue weighted by molar-refractivity contribution is 5.98. The van der Waals surface area contributed by atoms with Crippen LogP contribution < -0.4 is 5.73 Å². The van der Waals surface area contributed by atoms with Gasteiger partial charge in [0, 0.05) is 6.20 Å². The smallest absolute Gasteiger partial charge is 0.270 e. The van der Waals surface area contributed by atoms with E-state index >= 15 is 0 Å². The molecule has 1 aromatic heterocycles. The number of nitrogens with one attached hydrogen (secondary N) is 1. The van der Waals surface area contributed by atoms with Gasteiger partial charge in [-0.05, 0) is 25.5 Å². The summed E-state index contributed by atoms with van der Waals surface area (Å²) in [7, 11) is 0. The molecular weight excluding hydrogens is 306 g/mol. The number of aromatic nitrogens is 1. The molecule has 0 bridgehead atoms. The molecule has 2 aromatic rings. The van der Waals surface area contributed by atoms with Gasteiger partial charge in [-0.15, -0.1) is 0 Å². The van der Waals surface area contributed by atoms with Gasteiger partial charge in [-0.1, -0.05) is 30.3 Å². The molecule has 0 radical (unpaired) electrons. The highest BCUT2D eigenvalue weighted by Gasteiger charge is 2.39. The van der Waals surface area contributed by atoms with Crippen molar-refractivity contribution in [3.05, 3.63) is 59.4 Å². The number of H-pyrrole nitrogens is 1. The molecule has 1 aliphatic heterocycles.